The van der Waals surface area contributed by atoms with E-state index in [2.05, 4.69) is 10.0 Å². The molecule has 0 aliphatic carbocycles. The fraction of sp³-hybridized carbons (Fsp3) is 0.357. The van der Waals surface area contributed by atoms with Crippen LogP contribution in [0.25, 0.3) is 0 Å². The van der Waals surface area contributed by atoms with Crippen molar-refractivity contribution in [2.75, 3.05) is 25.4 Å². The van der Waals surface area contributed by atoms with Crippen molar-refractivity contribution in [3.05, 3.63) is 99.6 Å². The average Bonchev–Trinajstić information content (AvgIpc) is 2.86. The van der Waals surface area contributed by atoms with Crippen molar-refractivity contribution in [1.82, 2.24) is 10.0 Å². The van der Waals surface area contributed by atoms with E-state index >= 15 is 0 Å². The van der Waals surface area contributed by atoms with Crippen LogP contribution in [0.15, 0.2) is 66.7 Å². The zero-order chi connectivity index (χ0) is 25.8. The van der Waals surface area contributed by atoms with Gasteiger partial charge in [0.2, 0.25) is 10.0 Å². The van der Waals surface area contributed by atoms with E-state index in [0.29, 0.717) is 17.2 Å². The Balaban J connectivity index is 1.65. The summed E-state index contributed by atoms with van der Waals surface area (Å²) in [5, 5.41) is 16.6. The Hall–Kier alpha value is -2.42. The van der Waals surface area contributed by atoms with Crippen LogP contribution >= 0.6 is 11.6 Å². The number of aliphatic hydroxyl groups is 1. The molecule has 0 spiro atoms. The van der Waals surface area contributed by atoms with Crippen LogP contribution < -0.4 is 14.8 Å². The maximum Gasteiger partial charge on any atom is 0.211 e. The molecule has 0 fully saturated rings. The molecule has 2 atom stereocenters. The molecule has 1 heterocycles. The van der Waals surface area contributed by atoms with Crippen molar-refractivity contribution >= 4 is 21.6 Å². The zero-order valence-corrected chi connectivity index (χ0v) is 22.2. The Morgan fingerprint density at radius 1 is 1.08 bits per heavy atom. The quantitative estimate of drug-likeness (QED) is 0.338. The number of rotatable bonds is 10. The van der Waals surface area contributed by atoms with Gasteiger partial charge in [-0.25, -0.2) is 13.1 Å². The van der Waals surface area contributed by atoms with Gasteiger partial charge in [-0.15, -0.1) is 0 Å². The molecule has 192 valence electrons. The molecule has 3 aromatic rings. The summed E-state index contributed by atoms with van der Waals surface area (Å²) < 4.78 is 32.2. The van der Waals surface area contributed by atoms with Gasteiger partial charge in [-0.3, -0.25) is 0 Å². The Morgan fingerprint density at radius 2 is 1.75 bits per heavy atom. The molecule has 0 amide bonds. The van der Waals surface area contributed by atoms with Gasteiger partial charge in [-0.05, 0) is 72.8 Å². The molecule has 0 radical (unpaired) electrons. The molecule has 0 saturated heterocycles. The van der Waals surface area contributed by atoms with Crippen LogP contribution in [0.3, 0.4) is 0 Å². The largest absolute Gasteiger partial charge is 0.492 e. The number of sulfonamides is 1. The summed E-state index contributed by atoms with van der Waals surface area (Å²) in [6.07, 6.45) is 1.39. The third-order valence-electron chi connectivity index (χ3n) is 6.53. The van der Waals surface area contributed by atoms with Crippen LogP contribution in [-0.4, -0.2) is 39.0 Å². The fourth-order valence-electron chi connectivity index (χ4n) is 4.71. The molecule has 0 saturated carbocycles. The molecular formula is C28H33ClN2O4S. The van der Waals surface area contributed by atoms with E-state index in [1.54, 1.807) is 12.1 Å². The van der Waals surface area contributed by atoms with E-state index in [-0.39, 0.29) is 18.9 Å². The van der Waals surface area contributed by atoms with E-state index in [1.165, 1.54) is 0 Å². The van der Waals surface area contributed by atoms with Crippen LogP contribution in [0.1, 0.15) is 47.2 Å². The molecule has 4 rings (SSSR count). The molecule has 0 bridgehead atoms. The van der Waals surface area contributed by atoms with Crippen molar-refractivity contribution in [3.63, 3.8) is 0 Å². The predicted octanol–water partition coefficient (Wildman–Crippen LogP) is 4.48. The smallest absolute Gasteiger partial charge is 0.211 e. The number of halogens is 1. The molecule has 36 heavy (non-hydrogen) atoms. The number of hydrogen-bond donors (Lipinski definition) is 3. The van der Waals surface area contributed by atoms with Gasteiger partial charge in [0.25, 0.3) is 0 Å². The Morgan fingerprint density at radius 3 is 2.42 bits per heavy atom. The molecule has 6 nitrogen and oxygen atoms in total. The summed E-state index contributed by atoms with van der Waals surface area (Å²) in [5.41, 5.74) is 3.34. The summed E-state index contributed by atoms with van der Waals surface area (Å²) in [6.45, 7) is 4.97. The van der Waals surface area contributed by atoms with E-state index in [9.17, 15) is 13.5 Å². The maximum absolute atomic E-state index is 12.4. The molecule has 3 aromatic carbocycles. The lowest BCUT2D eigenvalue weighted by Gasteiger charge is -2.41. The van der Waals surface area contributed by atoms with Crippen LogP contribution in [0.5, 0.6) is 5.75 Å². The monoisotopic (exact) mass is 528 g/mol. The Labute approximate surface area is 218 Å². The van der Waals surface area contributed by atoms with Gasteiger partial charge in [-0.2, -0.15) is 0 Å². The number of hydrogen-bond acceptors (Lipinski definition) is 5. The Kier molecular flexibility index (Phi) is 8.37. The standard InChI is InChI=1S/C28H33ClN2O4S/c1-3-18-36(33,34)31-16-17-35-25-13-6-21-14-15-30-27(26(21)19-25)28(32,22-7-4-20(2)5-8-22)23-9-11-24(29)12-10-23/h4-13,19,27,30-32H,3,14-18H2,1-2H3. The first-order chi connectivity index (χ1) is 17.2. The summed E-state index contributed by atoms with van der Waals surface area (Å²) in [7, 11) is -3.28. The number of ether oxygens (including phenoxy) is 1. The minimum absolute atomic E-state index is 0.0987. The first kappa shape index (κ1) is 26.6. The maximum atomic E-state index is 12.4. The van der Waals surface area contributed by atoms with E-state index in [4.69, 9.17) is 16.3 Å². The highest BCUT2D eigenvalue weighted by atomic mass is 35.5. The van der Waals surface area contributed by atoms with Crippen molar-refractivity contribution in [1.29, 1.82) is 0 Å². The number of fused-ring (bicyclic) bond motifs is 1. The first-order valence-corrected chi connectivity index (χ1v) is 14.3. The van der Waals surface area contributed by atoms with Gasteiger partial charge in [0.1, 0.15) is 18.0 Å². The normalized spacial score (nSPS) is 17.3. The summed E-state index contributed by atoms with van der Waals surface area (Å²) >= 11 is 6.17. The molecule has 1 aliphatic heterocycles. The number of nitrogens with one attached hydrogen (secondary N) is 2. The molecule has 1 aliphatic rings. The lowest BCUT2D eigenvalue weighted by molar-refractivity contribution is 0.0338. The van der Waals surface area contributed by atoms with Crippen molar-refractivity contribution in [2.24, 2.45) is 0 Å². The highest BCUT2D eigenvalue weighted by molar-refractivity contribution is 7.89. The second-order valence-electron chi connectivity index (χ2n) is 9.20. The van der Waals surface area contributed by atoms with E-state index in [1.807, 2.05) is 68.4 Å². The van der Waals surface area contributed by atoms with E-state index in [0.717, 1.165) is 40.8 Å². The number of aryl methyl sites for hydroxylation is 1. The lowest BCUT2D eigenvalue weighted by atomic mass is 9.74. The fourth-order valence-corrected chi connectivity index (χ4v) is 5.91. The third kappa shape index (κ3) is 5.93. The molecule has 2 unspecified atom stereocenters. The average molecular weight is 529 g/mol. The van der Waals surface area contributed by atoms with Crippen LogP contribution in [0.2, 0.25) is 5.02 Å². The molecule has 0 aromatic heterocycles. The summed E-state index contributed by atoms with van der Waals surface area (Å²) in [5.74, 6) is 0.723. The summed E-state index contributed by atoms with van der Waals surface area (Å²) in [4.78, 5) is 0. The van der Waals surface area contributed by atoms with Gasteiger partial charge in [0, 0.05) is 11.6 Å². The summed E-state index contributed by atoms with van der Waals surface area (Å²) in [6, 6.07) is 20.7. The third-order valence-corrected chi connectivity index (χ3v) is 8.37. The van der Waals surface area contributed by atoms with Gasteiger partial charge in [-0.1, -0.05) is 66.6 Å². The highest BCUT2D eigenvalue weighted by Crippen LogP contribution is 2.44. The van der Waals surface area contributed by atoms with Crippen molar-refractivity contribution < 1.29 is 18.3 Å². The minimum Gasteiger partial charge on any atom is -0.492 e. The van der Waals surface area contributed by atoms with Crippen LogP contribution in [0.4, 0.5) is 0 Å². The second-order valence-corrected chi connectivity index (χ2v) is 11.6. The van der Waals surface area contributed by atoms with Gasteiger partial charge in [0.05, 0.1) is 11.8 Å². The molecular weight excluding hydrogens is 496 g/mol. The number of benzene rings is 3. The topological polar surface area (TPSA) is 87.7 Å². The minimum atomic E-state index is -3.28. The SMILES string of the molecule is CCCS(=O)(=O)NCCOc1ccc2c(c1)C(C(O)(c1ccc(C)cc1)c1ccc(Cl)cc1)NCC2. The van der Waals surface area contributed by atoms with Gasteiger partial charge >= 0.3 is 0 Å². The lowest BCUT2D eigenvalue weighted by Crippen LogP contribution is -2.46. The molecule has 3 N–H and O–H groups in total. The Bertz CT molecular complexity index is 1230. The van der Waals surface area contributed by atoms with Gasteiger partial charge in [0.15, 0.2) is 0 Å². The second kappa shape index (κ2) is 11.3. The van der Waals surface area contributed by atoms with Crippen LogP contribution in [0, 0.1) is 6.92 Å². The van der Waals surface area contributed by atoms with Crippen molar-refractivity contribution in [2.45, 2.75) is 38.3 Å². The van der Waals surface area contributed by atoms with Crippen LogP contribution in [-0.2, 0) is 22.0 Å². The van der Waals surface area contributed by atoms with Gasteiger partial charge < -0.3 is 15.2 Å². The van der Waals surface area contributed by atoms with E-state index < -0.39 is 21.7 Å². The highest BCUT2D eigenvalue weighted by Gasteiger charge is 2.43. The van der Waals surface area contributed by atoms with Crippen molar-refractivity contribution in [3.8, 4) is 5.75 Å². The predicted molar refractivity (Wildman–Crippen MR) is 144 cm³/mol. The zero-order valence-electron chi connectivity index (χ0n) is 20.6. The first-order valence-electron chi connectivity index (χ1n) is 12.2. The molecule has 8 heteroatoms.